The third-order valence-corrected chi connectivity index (χ3v) is 6.11. The summed E-state index contributed by atoms with van der Waals surface area (Å²) in [4.78, 5) is 25.9. The van der Waals surface area contributed by atoms with Gasteiger partial charge in [-0.3, -0.25) is 18.7 Å². The molecular formula is C18H16BrNO5S. The van der Waals surface area contributed by atoms with Gasteiger partial charge in [0.1, 0.15) is 6.10 Å². The number of imide groups is 1. The van der Waals surface area contributed by atoms with Crippen molar-refractivity contribution in [3.63, 3.8) is 0 Å². The molecule has 2 aromatic carbocycles. The second kappa shape index (κ2) is 7.30. The number of carbonyl (C=O) groups excluding carboxylic acids is 2. The summed E-state index contributed by atoms with van der Waals surface area (Å²) in [5.74, 6) is -0.902. The summed E-state index contributed by atoms with van der Waals surface area (Å²) < 4.78 is 30.1. The van der Waals surface area contributed by atoms with Crippen LogP contribution in [0.15, 0.2) is 53.4 Å². The van der Waals surface area contributed by atoms with Crippen LogP contribution in [-0.4, -0.2) is 43.1 Å². The summed E-state index contributed by atoms with van der Waals surface area (Å²) in [5.41, 5.74) is 1.55. The zero-order valence-corrected chi connectivity index (χ0v) is 16.3. The van der Waals surface area contributed by atoms with Crippen LogP contribution in [0.3, 0.4) is 0 Å². The van der Waals surface area contributed by atoms with Crippen LogP contribution in [0.5, 0.6) is 0 Å². The number of nitrogens with zero attached hydrogens (tertiary/aromatic N) is 1. The third kappa shape index (κ3) is 3.58. The molecule has 0 aliphatic carbocycles. The van der Waals surface area contributed by atoms with Gasteiger partial charge >= 0.3 is 0 Å². The molecule has 26 heavy (non-hydrogen) atoms. The Morgan fingerprint density at radius 3 is 2.04 bits per heavy atom. The number of benzene rings is 2. The molecule has 136 valence electrons. The summed E-state index contributed by atoms with van der Waals surface area (Å²) in [7, 11) is -4.01. The van der Waals surface area contributed by atoms with E-state index in [-0.39, 0.29) is 16.8 Å². The molecule has 0 radical (unpaired) electrons. The van der Waals surface area contributed by atoms with Gasteiger partial charge in [0.25, 0.3) is 21.9 Å². The van der Waals surface area contributed by atoms with Crippen molar-refractivity contribution in [3.05, 3.63) is 65.2 Å². The Balaban J connectivity index is 1.77. The van der Waals surface area contributed by atoms with Crippen molar-refractivity contribution in [2.75, 3.05) is 11.9 Å². The predicted octanol–water partition coefficient (Wildman–Crippen LogP) is 2.76. The van der Waals surface area contributed by atoms with Gasteiger partial charge in [0, 0.05) is 5.33 Å². The highest BCUT2D eigenvalue weighted by Gasteiger charge is 2.37. The molecule has 6 nitrogen and oxygen atoms in total. The molecule has 3 rings (SSSR count). The Bertz CT molecular complexity index is 921. The lowest BCUT2D eigenvalue weighted by atomic mass is 10.1. The van der Waals surface area contributed by atoms with Crippen molar-refractivity contribution in [1.29, 1.82) is 0 Å². The number of amides is 2. The van der Waals surface area contributed by atoms with Crippen LogP contribution in [0.2, 0.25) is 0 Å². The fraction of sp³-hybridized carbons (Fsp3) is 0.222. The lowest BCUT2D eigenvalue weighted by Gasteiger charge is -2.21. The molecule has 1 heterocycles. The number of carbonyl (C=O) groups is 2. The molecule has 0 unspecified atom stereocenters. The quantitative estimate of drug-likeness (QED) is 0.394. The van der Waals surface area contributed by atoms with Crippen LogP contribution in [0, 0.1) is 6.92 Å². The van der Waals surface area contributed by atoms with Gasteiger partial charge in [-0.25, -0.2) is 0 Å². The Kier molecular flexibility index (Phi) is 5.27. The fourth-order valence-corrected chi connectivity index (χ4v) is 4.23. The van der Waals surface area contributed by atoms with Crippen molar-refractivity contribution in [2.24, 2.45) is 0 Å². The molecule has 0 fully saturated rings. The fourth-order valence-electron chi connectivity index (χ4n) is 2.65. The SMILES string of the molecule is Cc1ccc(S(=O)(=O)O[C@H](CBr)CN2C(=O)c3ccccc3C2=O)cc1. The minimum absolute atomic E-state index is 0.0245. The van der Waals surface area contributed by atoms with Crippen molar-refractivity contribution >= 4 is 37.9 Å². The van der Waals surface area contributed by atoms with E-state index in [2.05, 4.69) is 15.9 Å². The van der Waals surface area contributed by atoms with Gasteiger partial charge in [-0.2, -0.15) is 8.42 Å². The monoisotopic (exact) mass is 437 g/mol. The summed E-state index contributed by atoms with van der Waals surface area (Å²) >= 11 is 3.20. The highest BCUT2D eigenvalue weighted by molar-refractivity contribution is 9.09. The number of halogens is 1. The standard InChI is InChI=1S/C18H16BrNO5S/c1-12-6-8-14(9-7-12)26(23,24)25-13(10-19)11-20-17(21)15-4-2-3-5-16(15)18(20)22/h2-9,13H,10-11H2,1H3/t13-/m1/s1. The maximum Gasteiger partial charge on any atom is 0.297 e. The number of hydrogen-bond acceptors (Lipinski definition) is 5. The van der Waals surface area contributed by atoms with Gasteiger partial charge in [-0.1, -0.05) is 45.8 Å². The number of fused-ring (bicyclic) bond motifs is 1. The molecular weight excluding hydrogens is 422 g/mol. The number of alkyl halides is 1. The maximum absolute atomic E-state index is 12.4. The molecule has 0 saturated heterocycles. The smallest absolute Gasteiger partial charge is 0.272 e. The number of aryl methyl sites for hydroxylation is 1. The summed E-state index contributed by atoms with van der Waals surface area (Å²) in [5, 5.41) is 0.144. The normalized spacial score (nSPS) is 15.2. The van der Waals surface area contributed by atoms with Crippen molar-refractivity contribution in [1.82, 2.24) is 4.90 Å². The molecule has 0 spiro atoms. The van der Waals surface area contributed by atoms with Crippen LogP contribution in [0.25, 0.3) is 0 Å². The Morgan fingerprint density at radius 2 is 1.54 bits per heavy atom. The largest absolute Gasteiger partial charge is 0.297 e. The second-order valence-corrected chi connectivity index (χ2v) is 8.13. The van der Waals surface area contributed by atoms with E-state index in [1.807, 2.05) is 6.92 Å². The molecule has 1 aliphatic heterocycles. The predicted molar refractivity (Wildman–Crippen MR) is 98.8 cm³/mol. The average Bonchev–Trinajstić information content (AvgIpc) is 2.86. The minimum Gasteiger partial charge on any atom is -0.272 e. The van der Waals surface area contributed by atoms with Gasteiger partial charge in [-0.05, 0) is 31.2 Å². The van der Waals surface area contributed by atoms with Gasteiger partial charge in [0.15, 0.2) is 0 Å². The van der Waals surface area contributed by atoms with E-state index in [1.54, 1.807) is 36.4 Å². The molecule has 0 saturated carbocycles. The first kappa shape index (κ1) is 18.8. The van der Waals surface area contributed by atoms with Crippen LogP contribution in [0.1, 0.15) is 26.3 Å². The second-order valence-electron chi connectivity index (χ2n) is 5.91. The number of rotatable bonds is 6. The zero-order chi connectivity index (χ0) is 18.9. The molecule has 1 aliphatic rings. The lowest BCUT2D eigenvalue weighted by Crippen LogP contribution is -2.39. The van der Waals surface area contributed by atoms with Gasteiger partial charge in [-0.15, -0.1) is 0 Å². The van der Waals surface area contributed by atoms with Crippen molar-refractivity contribution in [3.8, 4) is 0 Å². The van der Waals surface area contributed by atoms with E-state index in [1.165, 1.54) is 12.1 Å². The maximum atomic E-state index is 12.4. The van der Waals surface area contributed by atoms with Crippen LogP contribution >= 0.6 is 15.9 Å². The van der Waals surface area contributed by atoms with Crippen molar-refractivity contribution < 1.29 is 22.2 Å². The molecule has 0 bridgehead atoms. The first-order chi connectivity index (χ1) is 12.3. The summed E-state index contributed by atoms with van der Waals surface area (Å²) in [6.07, 6.45) is -0.900. The van der Waals surface area contributed by atoms with Crippen LogP contribution in [0.4, 0.5) is 0 Å². The van der Waals surface area contributed by atoms with Crippen molar-refractivity contribution in [2.45, 2.75) is 17.9 Å². The van der Waals surface area contributed by atoms with Crippen LogP contribution in [-0.2, 0) is 14.3 Å². The first-order valence-corrected chi connectivity index (χ1v) is 10.4. The van der Waals surface area contributed by atoms with Gasteiger partial charge in [0.2, 0.25) is 0 Å². The third-order valence-electron chi connectivity index (χ3n) is 4.01. The highest BCUT2D eigenvalue weighted by atomic mass is 79.9. The van der Waals surface area contributed by atoms with E-state index in [0.29, 0.717) is 11.1 Å². The van der Waals surface area contributed by atoms with E-state index in [0.717, 1.165) is 10.5 Å². The Hall–Kier alpha value is -2.03. The topological polar surface area (TPSA) is 80.8 Å². The molecule has 8 heteroatoms. The van der Waals surface area contributed by atoms with E-state index >= 15 is 0 Å². The number of hydrogen-bond donors (Lipinski definition) is 0. The van der Waals surface area contributed by atoms with E-state index in [9.17, 15) is 18.0 Å². The minimum atomic E-state index is -4.01. The van der Waals surface area contributed by atoms with E-state index in [4.69, 9.17) is 4.18 Å². The molecule has 2 aromatic rings. The molecule has 1 atom stereocenters. The molecule has 0 N–H and O–H groups in total. The molecule has 2 amide bonds. The lowest BCUT2D eigenvalue weighted by molar-refractivity contribution is 0.0591. The highest BCUT2D eigenvalue weighted by Crippen LogP contribution is 2.24. The Morgan fingerprint density at radius 1 is 1.00 bits per heavy atom. The summed E-state index contributed by atoms with van der Waals surface area (Å²) in [6, 6.07) is 12.7. The van der Waals surface area contributed by atoms with Gasteiger partial charge < -0.3 is 0 Å². The average molecular weight is 438 g/mol. The van der Waals surface area contributed by atoms with Gasteiger partial charge in [0.05, 0.1) is 22.6 Å². The first-order valence-electron chi connectivity index (χ1n) is 7.84. The summed E-state index contributed by atoms with van der Waals surface area (Å²) in [6.45, 7) is 1.68. The van der Waals surface area contributed by atoms with E-state index < -0.39 is 28.0 Å². The zero-order valence-electron chi connectivity index (χ0n) is 13.9. The van der Waals surface area contributed by atoms with Crippen LogP contribution < -0.4 is 0 Å². The molecule has 0 aromatic heterocycles. The Labute approximate surface area is 160 Å².